The lowest BCUT2D eigenvalue weighted by Gasteiger charge is -2.13. The highest BCUT2D eigenvalue weighted by molar-refractivity contribution is 6.10. The third-order valence-electron chi connectivity index (χ3n) is 11.4. The molecule has 0 bridgehead atoms. The molecule has 6 heterocycles. The molecule has 19 heteroatoms. The van der Waals surface area contributed by atoms with Crippen LogP contribution in [0.4, 0.5) is 4.39 Å². The number of halogens is 1. The first kappa shape index (κ1) is 45.6. The monoisotopic (exact) mass is 910 g/mol. The molecule has 346 valence electrons. The van der Waals surface area contributed by atoms with E-state index in [1.54, 1.807) is 63.4 Å². The van der Waals surface area contributed by atoms with E-state index in [9.17, 15) is 19.2 Å². The van der Waals surface area contributed by atoms with Crippen LogP contribution in [0.5, 0.6) is 5.75 Å². The number of benzene rings is 2. The van der Waals surface area contributed by atoms with Crippen LogP contribution in [-0.4, -0.2) is 85.2 Å². The molecule has 8 rings (SSSR count). The summed E-state index contributed by atoms with van der Waals surface area (Å²) in [5, 5.41) is 14.4. The van der Waals surface area contributed by atoms with Gasteiger partial charge in [0.15, 0.2) is 11.6 Å². The van der Waals surface area contributed by atoms with Gasteiger partial charge >= 0.3 is 5.97 Å². The van der Waals surface area contributed by atoms with Gasteiger partial charge in [0.2, 0.25) is 11.8 Å². The molecule has 0 atom stereocenters. The summed E-state index contributed by atoms with van der Waals surface area (Å²) in [7, 11) is 0. The Morgan fingerprint density at radius 2 is 1.34 bits per heavy atom. The van der Waals surface area contributed by atoms with Crippen molar-refractivity contribution < 1.29 is 33.0 Å². The number of ketones is 1. The molecular weight excluding hydrogens is 860 g/mol. The van der Waals surface area contributed by atoms with Crippen molar-refractivity contribution >= 4 is 56.5 Å². The number of primary amides is 2. The van der Waals surface area contributed by atoms with Gasteiger partial charge in [-0.1, -0.05) is 12.2 Å². The largest absolute Gasteiger partial charge is 0.491 e. The molecule has 0 radical (unpaired) electrons. The van der Waals surface area contributed by atoms with Gasteiger partial charge in [-0.2, -0.15) is 15.3 Å². The predicted octanol–water partition coefficient (Wildman–Crippen LogP) is 6.43. The number of rotatable bonds is 19. The second-order valence-electron chi connectivity index (χ2n) is 16.1. The number of allylic oxidation sites excluding steroid dienone is 2. The standard InChI is InChI=1S/C48H51FN12O6/c1-7-59-37(19-27(4)54-59)40(62)26-42-52-35-23-31(46(51)64)24-41(66-17-12-18-67-48(65)39-21-29(6)56-61(39)9-3)44(35)58(42)16-11-10-15-57-36-14-13-30(45(50)63)22-32(36)33-25-34(49)43(53-47(33)57)38-20-28(5)55-60(38)8-2/h10-11,13-14,19-25H,7-9,12,15-18,26H2,1-6H3,(H2,50,63)(H2,51,64)/b11-10+. The molecule has 6 aromatic heterocycles. The fourth-order valence-electron chi connectivity index (χ4n) is 8.38. The minimum atomic E-state index is -0.696. The molecular formula is C48H51FN12O6. The van der Waals surface area contributed by atoms with Crippen LogP contribution in [0.1, 0.15) is 91.8 Å². The number of hydrogen-bond donors (Lipinski definition) is 2. The Bertz CT molecular complexity index is 3280. The van der Waals surface area contributed by atoms with Crippen molar-refractivity contribution in [2.45, 2.75) is 87.1 Å². The summed E-state index contributed by atoms with van der Waals surface area (Å²) in [6, 6.07) is 14.8. The number of nitrogens with zero attached hydrogens (tertiary/aromatic N) is 10. The number of Topliss-reactive ketones (excluding diaryl/α,β-unsaturated/α-hetero) is 1. The number of pyridine rings is 1. The summed E-state index contributed by atoms with van der Waals surface area (Å²) in [4.78, 5) is 61.5. The van der Waals surface area contributed by atoms with Gasteiger partial charge in [0.25, 0.3) is 0 Å². The topological polar surface area (TPSA) is 228 Å². The molecule has 0 saturated heterocycles. The first-order valence-corrected chi connectivity index (χ1v) is 22.1. The number of carbonyl (C=O) groups is 4. The Hall–Kier alpha value is -7.96. The van der Waals surface area contributed by atoms with Crippen molar-refractivity contribution in [1.82, 2.24) is 48.4 Å². The average Bonchev–Trinajstić information content (AvgIpc) is 4.12. The minimum absolute atomic E-state index is 0.0508. The first-order valence-electron chi connectivity index (χ1n) is 22.1. The second kappa shape index (κ2) is 18.9. The molecule has 2 amide bonds. The highest BCUT2D eigenvalue weighted by Gasteiger charge is 2.24. The number of amides is 2. The molecule has 0 aliphatic heterocycles. The lowest BCUT2D eigenvalue weighted by molar-refractivity contribution is 0.0471. The Morgan fingerprint density at radius 3 is 2.03 bits per heavy atom. The zero-order chi connectivity index (χ0) is 47.7. The van der Waals surface area contributed by atoms with Crippen LogP contribution in [0.25, 0.3) is 44.4 Å². The second-order valence-corrected chi connectivity index (χ2v) is 16.1. The van der Waals surface area contributed by atoms with Gasteiger partial charge in [0.1, 0.15) is 39.8 Å². The number of hydrogen-bond acceptors (Lipinski definition) is 11. The normalized spacial score (nSPS) is 11.7. The summed E-state index contributed by atoms with van der Waals surface area (Å²) in [6.45, 7) is 13.3. The van der Waals surface area contributed by atoms with Crippen molar-refractivity contribution in [3.63, 3.8) is 0 Å². The van der Waals surface area contributed by atoms with Gasteiger partial charge in [-0.15, -0.1) is 0 Å². The number of fused-ring (bicyclic) bond motifs is 4. The summed E-state index contributed by atoms with van der Waals surface area (Å²) in [5.41, 5.74) is 17.5. The Morgan fingerprint density at radius 1 is 0.701 bits per heavy atom. The molecule has 67 heavy (non-hydrogen) atoms. The van der Waals surface area contributed by atoms with Gasteiger partial charge in [-0.3, -0.25) is 28.4 Å². The number of ether oxygens (including phenoxy) is 2. The first-order chi connectivity index (χ1) is 32.2. The summed E-state index contributed by atoms with van der Waals surface area (Å²) in [5.74, 6) is -1.88. The summed E-state index contributed by atoms with van der Waals surface area (Å²) >= 11 is 0. The van der Waals surface area contributed by atoms with Gasteiger partial charge in [-0.05, 0) is 96.1 Å². The van der Waals surface area contributed by atoms with E-state index >= 15 is 4.39 Å². The number of aromatic nitrogens is 10. The molecule has 0 aliphatic carbocycles. The maximum Gasteiger partial charge on any atom is 0.356 e. The predicted molar refractivity (Wildman–Crippen MR) is 248 cm³/mol. The van der Waals surface area contributed by atoms with E-state index < -0.39 is 23.6 Å². The van der Waals surface area contributed by atoms with Gasteiger partial charge in [0, 0.05) is 61.0 Å². The van der Waals surface area contributed by atoms with E-state index in [2.05, 4.69) is 15.3 Å². The van der Waals surface area contributed by atoms with Gasteiger partial charge < -0.3 is 30.1 Å². The van der Waals surface area contributed by atoms with Crippen molar-refractivity contribution in [2.24, 2.45) is 11.5 Å². The van der Waals surface area contributed by atoms with Crippen LogP contribution in [0, 0.1) is 26.6 Å². The van der Waals surface area contributed by atoms with Gasteiger partial charge in [-0.25, -0.2) is 19.2 Å². The highest BCUT2D eigenvalue weighted by Crippen LogP contribution is 2.34. The number of carbonyl (C=O) groups excluding carboxylic acids is 4. The molecule has 0 unspecified atom stereocenters. The zero-order valence-electron chi connectivity index (χ0n) is 38.2. The molecule has 0 spiro atoms. The van der Waals surface area contributed by atoms with Crippen molar-refractivity contribution in [3.8, 4) is 17.1 Å². The lowest BCUT2D eigenvalue weighted by atomic mass is 10.1. The maximum absolute atomic E-state index is 16.0. The zero-order valence-corrected chi connectivity index (χ0v) is 38.2. The summed E-state index contributed by atoms with van der Waals surface area (Å²) < 4.78 is 36.6. The Balaban J connectivity index is 1.15. The van der Waals surface area contributed by atoms with Crippen LogP contribution in [0.3, 0.4) is 0 Å². The molecule has 0 aliphatic rings. The quantitative estimate of drug-likeness (QED) is 0.0389. The smallest absolute Gasteiger partial charge is 0.356 e. The average molecular weight is 911 g/mol. The Labute approximate surface area is 383 Å². The lowest BCUT2D eigenvalue weighted by Crippen LogP contribution is -2.15. The number of nitrogens with two attached hydrogens (primary N) is 2. The van der Waals surface area contributed by atoms with E-state index in [1.165, 1.54) is 12.1 Å². The third kappa shape index (κ3) is 9.03. The van der Waals surface area contributed by atoms with Crippen LogP contribution in [0.2, 0.25) is 0 Å². The summed E-state index contributed by atoms with van der Waals surface area (Å²) in [6.07, 6.45) is 4.02. The fraction of sp³-hybridized carbons (Fsp3) is 0.312. The maximum atomic E-state index is 16.0. The van der Waals surface area contributed by atoms with E-state index in [1.807, 2.05) is 55.9 Å². The van der Waals surface area contributed by atoms with E-state index in [0.717, 1.165) is 5.69 Å². The van der Waals surface area contributed by atoms with Gasteiger partial charge in [0.05, 0.1) is 53.4 Å². The van der Waals surface area contributed by atoms with E-state index in [4.69, 9.17) is 30.9 Å². The molecule has 4 N–H and O–H groups in total. The van der Waals surface area contributed by atoms with E-state index in [0.29, 0.717) is 99.1 Å². The molecule has 0 saturated carbocycles. The van der Waals surface area contributed by atoms with Crippen LogP contribution in [0.15, 0.2) is 66.7 Å². The molecule has 0 fully saturated rings. The van der Waals surface area contributed by atoms with Crippen molar-refractivity contribution in [3.05, 3.63) is 118 Å². The number of aryl methyl sites for hydroxylation is 6. The minimum Gasteiger partial charge on any atom is -0.491 e. The van der Waals surface area contributed by atoms with Crippen molar-refractivity contribution in [2.75, 3.05) is 13.2 Å². The highest BCUT2D eigenvalue weighted by atomic mass is 19.1. The Kier molecular flexibility index (Phi) is 12.8. The number of imidazole rings is 1. The molecule has 18 nitrogen and oxygen atoms in total. The van der Waals surface area contributed by atoms with Crippen molar-refractivity contribution in [1.29, 1.82) is 0 Å². The van der Waals surface area contributed by atoms with Crippen LogP contribution < -0.4 is 16.2 Å². The molecule has 8 aromatic rings. The fourth-order valence-corrected chi connectivity index (χ4v) is 8.38. The van der Waals surface area contributed by atoms with Crippen LogP contribution >= 0.6 is 0 Å². The third-order valence-corrected chi connectivity index (χ3v) is 11.4. The number of esters is 1. The molecule has 2 aromatic carbocycles. The SMILES string of the molecule is CCn1nc(C)cc1C(=O)Cc1nc2cc(C(N)=O)cc(OCCCOC(=O)c3cc(C)nn3CC)c2n1C/C=C/Cn1c2ccc(C(N)=O)cc2c2cc(F)c(-c3cc(C)nn3CC)nc21. The van der Waals surface area contributed by atoms with Crippen LogP contribution in [-0.2, 0) is 43.9 Å². The van der Waals surface area contributed by atoms with E-state index in [-0.39, 0.29) is 55.3 Å².